The number of carbonyl (C=O) groups is 4. The fourth-order valence-electron chi connectivity index (χ4n) is 3.64. The summed E-state index contributed by atoms with van der Waals surface area (Å²) in [5.41, 5.74) is 0.0802. The lowest BCUT2D eigenvalue weighted by Crippen LogP contribution is -2.42. The molecular formula is C18H22N4O6. The van der Waals surface area contributed by atoms with Gasteiger partial charge in [-0.2, -0.15) is 0 Å². The number of hydrogen-bond donors (Lipinski definition) is 0. The number of nitrogens with zero attached hydrogens (tertiary/aromatic N) is 4. The summed E-state index contributed by atoms with van der Waals surface area (Å²) in [6.45, 7) is 0.852. The first-order valence-corrected chi connectivity index (χ1v) is 9.09. The van der Waals surface area contributed by atoms with Gasteiger partial charge in [0.15, 0.2) is 11.4 Å². The third kappa shape index (κ3) is 3.67. The summed E-state index contributed by atoms with van der Waals surface area (Å²) in [6.07, 6.45) is 2.46. The molecule has 28 heavy (non-hydrogen) atoms. The number of methoxy groups -OCH3 is 2. The van der Waals surface area contributed by atoms with E-state index in [-0.39, 0.29) is 11.4 Å². The van der Waals surface area contributed by atoms with E-state index in [0.717, 1.165) is 0 Å². The van der Waals surface area contributed by atoms with Crippen LogP contribution < -0.4 is 0 Å². The summed E-state index contributed by atoms with van der Waals surface area (Å²) in [4.78, 5) is 51.8. The number of aromatic nitrogens is 2. The van der Waals surface area contributed by atoms with Crippen LogP contribution in [0.25, 0.3) is 0 Å². The minimum Gasteiger partial charge on any atom is -0.467 e. The predicted octanol–water partition coefficient (Wildman–Crippen LogP) is 0.0318. The first-order chi connectivity index (χ1) is 13.5. The van der Waals surface area contributed by atoms with Gasteiger partial charge < -0.3 is 19.3 Å². The molecule has 1 aromatic rings. The molecule has 0 radical (unpaired) electrons. The first kappa shape index (κ1) is 19.7. The van der Waals surface area contributed by atoms with Crippen molar-refractivity contribution in [3.63, 3.8) is 0 Å². The molecule has 2 aliphatic heterocycles. The smallest absolute Gasteiger partial charge is 0.328 e. The van der Waals surface area contributed by atoms with E-state index in [9.17, 15) is 19.2 Å². The summed E-state index contributed by atoms with van der Waals surface area (Å²) in [5.74, 6) is -1.80. The Labute approximate surface area is 161 Å². The highest BCUT2D eigenvalue weighted by molar-refractivity contribution is 5.98. The van der Waals surface area contributed by atoms with E-state index in [1.807, 2.05) is 0 Å². The summed E-state index contributed by atoms with van der Waals surface area (Å²) >= 11 is 0. The number of esters is 2. The molecule has 2 unspecified atom stereocenters. The predicted molar refractivity (Wildman–Crippen MR) is 94.2 cm³/mol. The van der Waals surface area contributed by atoms with Crippen LogP contribution in [0.1, 0.15) is 46.7 Å². The SMILES string of the molecule is COC(=O)C1CCCN1C(=O)c1ccc(C(=O)N2CCCC2C(=O)OC)nn1. The highest BCUT2D eigenvalue weighted by Crippen LogP contribution is 2.22. The molecule has 0 saturated carbocycles. The second-order valence-corrected chi connectivity index (χ2v) is 6.66. The second kappa shape index (κ2) is 8.32. The van der Waals surface area contributed by atoms with Gasteiger partial charge in [0, 0.05) is 13.1 Å². The van der Waals surface area contributed by atoms with E-state index in [4.69, 9.17) is 9.47 Å². The van der Waals surface area contributed by atoms with E-state index in [2.05, 4.69) is 10.2 Å². The summed E-state index contributed by atoms with van der Waals surface area (Å²) < 4.78 is 9.48. The van der Waals surface area contributed by atoms with Crippen molar-refractivity contribution in [1.82, 2.24) is 20.0 Å². The van der Waals surface area contributed by atoms with Gasteiger partial charge in [0.2, 0.25) is 0 Å². The number of carbonyl (C=O) groups excluding carboxylic acids is 4. The lowest BCUT2D eigenvalue weighted by Gasteiger charge is -2.23. The Morgan fingerprint density at radius 2 is 1.21 bits per heavy atom. The van der Waals surface area contributed by atoms with Gasteiger partial charge in [-0.1, -0.05) is 0 Å². The van der Waals surface area contributed by atoms with Crippen molar-refractivity contribution in [1.29, 1.82) is 0 Å². The molecule has 0 aromatic carbocycles. The van der Waals surface area contributed by atoms with Crippen LogP contribution in [-0.4, -0.2) is 83.1 Å². The van der Waals surface area contributed by atoms with Crippen molar-refractivity contribution >= 4 is 23.8 Å². The Hall–Kier alpha value is -3.04. The Morgan fingerprint density at radius 1 is 0.821 bits per heavy atom. The number of hydrogen-bond acceptors (Lipinski definition) is 8. The molecule has 3 rings (SSSR count). The molecule has 2 atom stereocenters. The van der Waals surface area contributed by atoms with Crippen LogP contribution in [0.2, 0.25) is 0 Å². The highest BCUT2D eigenvalue weighted by atomic mass is 16.5. The Balaban J connectivity index is 1.72. The van der Waals surface area contributed by atoms with Crippen molar-refractivity contribution in [2.45, 2.75) is 37.8 Å². The molecule has 1 aromatic heterocycles. The molecule has 3 heterocycles. The van der Waals surface area contributed by atoms with Crippen LogP contribution in [-0.2, 0) is 19.1 Å². The maximum Gasteiger partial charge on any atom is 0.328 e. The van der Waals surface area contributed by atoms with E-state index >= 15 is 0 Å². The monoisotopic (exact) mass is 390 g/mol. The van der Waals surface area contributed by atoms with Crippen molar-refractivity contribution in [2.75, 3.05) is 27.3 Å². The van der Waals surface area contributed by atoms with Crippen LogP contribution in [0.4, 0.5) is 0 Å². The summed E-state index contributed by atoms with van der Waals surface area (Å²) in [7, 11) is 2.56. The van der Waals surface area contributed by atoms with Gasteiger partial charge in [-0.3, -0.25) is 9.59 Å². The van der Waals surface area contributed by atoms with Crippen molar-refractivity contribution in [2.24, 2.45) is 0 Å². The maximum absolute atomic E-state index is 12.7. The average Bonchev–Trinajstić information content (AvgIpc) is 3.41. The normalized spacial score (nSPS) is 21.5. The zero-order valence-electron chi connectivity index (χ0n) is 15.8. The van der Waals surface area contributed by atoms with Gasteiger partial charge in [-0.05, 0) is 37.8 Å². The third-order valence-corrected chi connectivity index (χ3v) is 5.08. The minimum atomic E-state index is -0.633. The van der Waals surface area contributed by atoms with Crippen molar-refractivity contribution in [3.05, 3.63) is 23.5 Å². The quantitative estimate of drug-likeness (QED) is 0.661. The maximum atomic E-state index is 12.7. The molecule has 10 heteroatoms. The lowest BCUT2D eigenvalue weighted by molar-refractivity contribution is -0.145. The molecule has 10 nitrogen and oxygen atoms in total. The second-order valence-electron chi connectivity index (χ2n) is 6.66. The molecule has 2 saturated heterocycles. The van der Waals surface area contributed by atoms with Crippen LogP contribution in [0, 0.1) is 0 Å². The van der Waals surface area contributed by atoms with Crippen molar-refractivity contribution in [3.8, 4) is 0 Å². The third-order valence-electron chi connectivity index (χ3n) is 5.08. The lowest BCUT2D eigenvalue weighted by atomic mass is 10.2. The standard InChI is InChI=1S/C18H22N4O6/c1-27-17(25)13-5-3-9-21(13)15(23)11-7-8-12(20-19-11)16(24)22-10-4-6-14(22)18(26)28-2/h7-8,13-14H,3-6,9-10H2,1-2H3. The van der Waals surface area contributed by atoms with E-state index in [1.54, 1.807) is 0 Å². The Kier molecular flexibility index (Phi) is 5.86. The average molecular weight is 390 g/mol. The number of ether oxygens (including phenoxy) is 2. The largest absolute Gasteiger partial charge is 0.467 e. The molecular weight excluding hydrogens is 368 g/mol. The van der Waals surface area contributed by atoms with Crippen molar-refractivity contribution < 1.29 is 28.7 Å². The van der Waals surface area contributed by atoms with Gasteiger partial charge in [-0.15, -0.1) is 10.2 Å². The zero-order chi connectivity index (χ0) is 20.3. The topological polar surface area (TPSA) is 119 Å². The first-order valence-electron chi connectivity index (χ1n) is 9.09. The molecule has 0 N–H and O–H groups in total. The molecule has 2 fully saturated rings. The number of likely N-dealkylation sites (tertiary alicyclic amines) is 2. The van der Waals surface area contributed by atoms with Gasteiger partial charge >= 0.3 is 11.9 Å². The van der Waals surface area contributed by atoms with E-state index < -0.39 is 35.8 Å². The fourth-order valence-corrected chi connectivity index (χ4v) is 3.64. The number of rotatable bonds is 4. The molecule has 0 spiro atoms. The molecule has 150 valence electrons. The fraction of sp³-hybridized carbons (Fsp3) is 0.556. The number of amides is 2. The van der Waals surface area contributed by atoms with Crippen LogP contribution in [0.5, 0.6) is 0 Å². The van der Waals surface area contributed by atoms with Crippen LogP contribution in [0.15, 0.2) is 12.1 Å². The zero-order valence-corrected chi connectivity index (χ0v) is 15.8. The minimum absolute atomic E-state index is 0.0401. The van der Waals surface area contributed by atoms with Crippen LogP contribution >= 0.6 is 0 Å². The summed E-state index contributed by atoms with van der Waals surface area (Å²) in [6, 6.07) is 1.54. The summed E-state index contributed by atoms with van der Waals surface area (Å²) in [5, 5.41) is 7.74. The van der Waals surface area contributed by atoms with E-state index in [1.165, 1.54) is 36.2 Å². The van der Waals surface area contributed by atoms with Gasteiger partial charge in [0.25, 0.3) is 11.8 Å². The Bertz CT molecular complexity index is 716. The molecule has 0 bridgehead atoms. The van der Waals surface area contributed by atoms with Crippen LogP contribution in [0.3, 0.4) is 0 Å². The Morgan fingerprint density at radius 3 is 1.54 bits per heavy atom. The van der Waals surface area contributed by atoms with Gasteiger partial charge in [0.1, 0.15) is 12.1 Å². The molecule has 0 aliphatic carbocycles. The molecule has 2 amide bonds. The van der Waals surface area contributed by atoms with Gasteiger partial charge in [0.05, 0.1) is 14.2 Å². The van der Waals surface area contributed by atoms with Gasteiger partial charge in [-0.25, -0.2) is 9.59 Å². The van der Waals surface area contributed by atoms with E-state index in [0.29, 0.717) is 38.8 Å². The highest BCUT2D eigenvalue weighted by Gasteiger charge is 2.37. The molecule has 2 aliphatic rings.